The highest BCUT2D eigenvalue weighted by Gasteiger charge is 2.40. The van der Waals surface area contributed by atoms with Crippen LogP contribution in [0.4, 0.5) is 4.79 Å². The first-order valence-electron chi connectivity index (χ1n) is 13.0. The van der Waals surface area contributed by atoms with Gasteiger partial charge in [0.2, 0.25) is 0 Å². The van der Waals surface area contributed by atoms with Crippen LogP contribution >= 0.6 is 0 Å². The van der Waals surface area contributed by atoms with Crippen LogP contribution in [0.25, 0.3) is 0 Å². The molecule has 0 unspecified atom stereocenters. The minimum atomic E-state index is -0.557. The minimum Gasteiger partial charge on any atom is -0.445 e. The van der Waals surface area contributed by atoms with Crippen LogP contribution in [0.15, 0.2) is 61.2 Å². The average Bonchev–Trinajstić information content (AvgIpc) is 3.39. The zero-order valence-corrected chi connectivity index (χ0v) is 21.4. The molecule has 200 valence electrons. The van der Waals surface area contributed by atoms with E-state index in [9.17, 15) is 15.0 Å². The van der Waals surface area contributed by atoms with Crippen LogP contribution in [0.2, 0.25) is 0 Å². The van der Waals surface area contributed by atoms with E-state index in [1.54, 1.807) is 0 Å². The van der Waals surface area contributed by atoms with E-state index in [-0.39, 0.29) is 44.0 Å². The summed E-state index contributed by atoms with van der Waals surface area (Å²) in [4.78, 5) is 14.0. The van der Waals surface area contributed by atoms with Gasteiger partial charge in [-0.05, 0) is 36.1 Å². The molecule has 3 N–H and O–H groups in total. The first kappa shape index (κ1) is 27.3. The van der Waals surface area contributed by atoms with E-state index >= 15 is 0 Å². The van der Waals surface area contributed by atoms with Crippen LogP contribution in [-0.2, 0) is 27.4 Å². The summed E-state index contributed by atoms with van der Waals surface area (Å²) in [5.74, 6) is 0.0845. The summed E-state index contributed by atoms with van der Waals surface area (Å²) >= 11 is 0. The Kier molecular flexibility index (Phi) is 9.71. The molecular weight excluding hydrogens is 472 g/mol. The van der Waals surface area contributed by atoms with Gasteiger partial charge in [0, 0.05) is 30.6 Å². The molecule has 0 spiro atoms. The summed E-state index contributed by atoms with van der Waals surface area (Å²) in [6.45, 7) is 8.03. The maximum absolute atomic E-state index is 11.7. The van der Waals surface area contributed by atoms with Crippen LogP contribution in [0.5, 0.6) is 0 Å². The number of carbonyl (C=O) groups is 1. The maximum atomic E-state index is 11.7. The Morgan fingerprint density at radius 3 is 2.49 bits per heavy atom. The monoisotopic (exact) mass is 510 g/mol. The van der Waals surface area contributed by atoms with Gasteiger partial charge in [0.15, 0.2) is 6.29 Å². The Balaban J connectivity index is 1.50. The summed E-state index contributed by atoms with van der Waals surface area (Å²) in [6.07, 6.45) is 2.28. The van der Waals surface area contributed by atoms with Crippen molar-refractivity contribution in [3.05, 3.63) is 83.4 Å². The lowest BCUT2D eigenvalue weighted by molar-refractivity contribution is -0.276. The molecule has 2 saturated heterocycles. The number of carbonyl (C=O) groups excluding carboxylic acids is 1. The third-order valence-electron chi connectivity index (χ3n) is 7.27. The van der Waals surface area contributed by atoms with E-state index in [1.165, 1.54) is 6.08 Å². The maximum Gasteiger partial charge on any atom is 0.407 e. The van der Waals surface area contributed by atoms with Gasteiger partial charge in [0.1, 0.15) is 6.61 Å². The number of benzene rings is 2. The second-order valence-electron chi connectivity index (χ2n) is 9.78. The van der Waals surface area contributed by atoms with Crippen LogP contribution in [0, 0.1) is 5.92 Å². The largest absolute Gasteiger partial charge is 0.445 e. The minimum absolute atomic E-state index is 0.000407. The Labute approximate surface area is 218 Å². The van der Waals surface area contributed by atoms with Crippen molar-refractivity contribution >= 4 is 6.09 Å². The molecule has 2 aliphatic heterocycles. The van der Waals surface area contributed by atoms with Crippen molar-refractivity contribution in [1.82, 2.24) is 10.2 Å². The molecule has 0 aromatic heterocycles. The van der Waals surface area contributed by atoms with Crippen molar-refractivity contribution in [3.8, 4) is 0 Å². The average molecular weight is 511 g/mol. The number of likely N-dealkylation sites (tertiary alicyclic amines) is 1. The van der Waals surface area contributed by atoms with Crippen molar-refractivity contribution in [3.63, 3.8) is 0 Å². The molecule has 8 nitrogen and oxygen atoms in total. The predicted molar refractivity (Wildman–Crippen MR) is 139 cm³/mol. The zero-order chi connectivity index (χ0) is 26.2. The standard InChI is InChI=1S/C29H38N2O6/c1-3-15-35-29(34)30-16-21-6-12-24(13-7-21)28-36-26(17-31-14-4-5-25(31)19-33)20(2)27(37-28)23-10-8-22(18-32)9-11-23/h3,6-13,20,25-28,32-33H,1,4-5,14-19H2,2H3,(H,30,34)/t20-,25+,26+,27+,28+/m1/s1. The Hall–Kier alpha value is -2.75. The van der Waals surface area contributed by atoms with Crippen LogP contribution in [-0.4, -0.2) is 59.7 Å². The third-order valence-corrected chi connectivity index (χ3v) is 7.27. The number of hydrogen-bond acceptors (Lipinski definition) is 7. The molecule has 5 atom stereocenters. The lowest BCUT2D eigenvalue weighted by atomic mass is 9.90. The van der Waals surface area contributed by atoms with E-state index in [1.807, 2.05) is 48.5 Å². The number of nitrogens with one attached hydrogen (secondary N) is 1. The fourth-order valence-electron chi connectivity index (χ4n) is 5.05. The van der Waals surface area contributed by atoms with Gasteiger partial charge in [0.05, 0.1) is 25.4 Å². The zero-order valence-electron chi connectivity index (χ0n) is 21.4. The Morgan fingerprint density at radius 2 is 1.81 bits per heavy atom. The fourth-order valence-corrected chi connectivity index (χ4v) is 5.05. The van der Waals surface area contributed by atoms with Crippen molar-refractivity contribution in [2.75, 3.05) is 26.3 Å². The molecular formula is C29H38N2O6. The number of aliphatic hydroxyl groups excluding tert-OH is 2. The number of alkyl carbamates (subject to hydrolysis) is 1. The van der Waals surface area contributed by atoms with Crippen LogP contribution in [0.1, 0.15) is 54.4 Å². The van der Waals surface area contributed by atoms with Gasteiger partial charge in [-0.3, -0.25) is 4.90 Å². The first-order valence-corrected chi connectivity index (χ1v) is 13.0. The number of aliphatic hydroxyl groups is 2. The van der Waals surface area contributed by atoms with E-state index < -0.39 is 12.4 Å². The predicted octanol–water partition coefficient (Wildman–Crippen LogP) is 3.84. The van der Waals surface area contributed by atoms with Crippen molar-refractivity contribution < 1.29 is 29.2 Å². The van der Waals surface area contributed by atoms with Crippen molar-refractivity contribution in [2.24, 2.45) is 5.92 Å². The van der Waals surface area contributed by atoms with Gasteiger partial charge in [-0.2, -0.15) is 0 Å². The normalized spacial score (nSPS) is 26.1. The highest BCUT2D eigenvalue weighted by atomic mass is 16.7. The summed E-state index contributed by atoms with van der Waals surface area (Å²) in [7, 11) is 0. The summed E-state index contributed by atoms with van der Waals surface area (Å²) in [5.41, 5.74) is 3.73. The second-order valence-corrected chi connectivity index (χ2v) is 9.78. The first-order chi connectivity index (χ1) is 18.0. The fraction of sp³-hybridized carbons (Fsp3) is 0.483. The highest BCUT2D eigenvalue weighted by Crippen LogP contribution is 2.42. The van der Waals surface area contributed by atoms with Gasteiger partial charge in [-0.25, -0.2) is 4.79 Å². The number of nitrogens with zero attached hydrogens (tertiary/aromatic N) is 1. The quantitative estimate of drug-likeness (QED) is 0.418. The van der Waals surface area contributed by atoms with E-state index in [2.05, 4.69) is 23.7 Å². The number of rotatable bonds is 10. The molecule has 8 heteroatoms. The smallest absolute Gasteiger partial charge is 0.407 e. The van der Waals surface area contributed by atoms with Crippen molar-refractivity contribution in [2.45, 2.75) is 57.5 Å². The van der Waals surface area contributed by atoms with E-state index in [0.29, 0.717) is 6.54 Å². The molecule has 0 bridgehead atoms. The Bertz CT molecular complexity index is 1010. The molecule has 4 rings (SSSR count). The van der Waals surface area contributed by atoms with E-state index in [0.717, 1.165) is 48.2 Å². The van der Waals surface area contributed by atoms with Gasteiger partial charge < -0.3 is 29.7 Å². The lowest BCUT2D eigenvalue weighted by Gasteiger charge is -2.43. The summed E-state index contributed by atoms with van der Waals surface area (Å²) in [5, 5.41) is 22.0. The summed E-state index contributed by atoms with van der Waals surface area (Å²) < 4.78 is 18.0. The molecule has 0 aliphatic carbocycles. The topological polar surface area (TPSA) is 100 Å². The molecule has 2 heterocycles. The summed E-state index contributed by atoms with van der Waals surface area (Å²) in [6, 6.07) is 15.8. The second kappa shape index (κ2) is 13.2. The van der Waals surface area contributed by atoms with Crippen molar-refractivity contribution in [1.29, 1.82) is 0 Å². The molecule has 2 aromatic rings. The number of hydrogen-bond donors (Lipinski definition) is 3. The third kappa shape index (κ3) is 6.97. The van der Waals surface area contributed by atoms with Gasteiger partial charge in [-0.1, -0.05) is 68.1 Å². The van der Waals surface area contributed by atoms with E-state index in [4.69, 9.17) is 14.2 Å². The van der Waals surface area contributed by atoms with Crippen LogP contribution < -0.4 is 5.32 Å². The van der Waals surface area contributed by atoms with Gasteiger partial charge in [0.25, 0.3) is 0 Å². The number of ether oxygens (including phenoxy) is 3. The van der Waals surface area contributed by atoms with Crippen LogP contribution in [0.3, 0.4) is 0 Å². The molecule has 1 amide bonds. The number of amides is 1. The molecule has 2 aromatic carbocycles. The van der Waals surface area contributed by atoms with Gasteiger partial charge >= 0.3 is 6.09 Å². The molecule has 0 radical (unpaired) electrons. The van der Waals surface area contributed by atoms with Gasteiger partial charge in [-0.15, -0.1) is 0 Å². The highest BCUT2D eigenvalue weighted by molar-refractivity contribution is 5.67. The Morgan fingerprint density at radius 1 is 1.11 bits per heavy atom. The molecule has 2 fully saturated rings. The lowest BCUT2D eigenvalue weighted by Crippen LogP contribution is -2.46. The molecule has 0 saturated carbocycles. The molecule has 37 heavy (non-hydrogen) atoms. The molecule has 2 aliphatic rings. The SMILES string of the molecule is C=CCOC(=O)NCc1ccc([C@H]2O[C@@H](CN3CCC[C@H]3CO)[C@@H](C)[C@@H](c3ccc(CO)cc3)O2)cc1.